The van der Waals surface area contributed by atoms with Gasteiger partial charge < -0.3 is 9.47 Å². The topological polar surface area (TPSA) is 49.2 Å². The van der Waals surface area contributed by atoms with Crippen LogP contribution in [0.15, 0.2) is 54.9 Å². The SMILES string of the molecule is COc1ccc(COc2ccc(-n3ccc(CBr)n3)nc2)cc1. The van der Waals surface area contributed by atoms with E-state index in [1.54, 1.807) is 18.0 Å². The molecule has 0 bridgehead atoms. The Hall–Kier alpha value is -2.34. The van der Waals surface area contributed by atoms with Crippen molar-refractivity contribution in [2.45, 2.75) is 11.9 Å². The third-order valence-electron chi connectivity index (χ3n) is 3.30. The van der Waals surface area contributed by atoms with Crippen molar-refractivity contribution in [2.75, 3.05) is 7.11 Å². The Morgan fingerprint density at radius 2 is 1.83 bits per heavy atom. The van der Waals surface area contributed by atoms with E-state index in [4.69, 9.17) is 9.47 Å². The molecule has 0 saturated heterocycles. The van der Waals surface area contributed by atoms with Gasteiger partial charge in [0.1, 0.15) is 18.1 Å². The second-order valence-electron chi connectivity index (χ2n) is 4.87. The first kappa shape index (κ1) is 15.6. The number of aromatic nitrogens is 3. The number of hydrogen-bond acceptors (Lipinski definition) is 4. The van der Waals surface area contributed by atoms with Crippen molar-refractivity contribution in [1.82, 2.24) is 14.8 Å². The lowest BCUT2D eigenvalue weighted by Crippen LogP contribution is -2.00. The molecule has 3 aromatic rings. The summed E-state index contributed by atoms with van der Waals surface area (Å²) in [7, 11) is 1.65. The van der Waals surface area contributed by atoms with Gasteiger partial charge in [0.05, 0.1) is 19.0 Å². The molecule has 0 aliphatic rings. The highest BCUT2D eigenvalue weighted by atomic mass is 79.9. The maximum absolute atomic E-state index is 5.74. The van der Waals surface area contributed by atoms with Crippen LogP contribution in [0, 0.1) is 0 Å². The second kappa shape index (κ2) is 7.28. The van der Waals surface area contributed by atoms with E-state index in [0.717, 1.165) is 33.9 Å². The number of halogens is 1. The fraction of sp³-hybridized carbons (Fsp3) is 0.176. The Morgan fingerprint density at radius 3 is 2.43 bits per heavy atom. The number of pyridine rings is 1. The highest BCUT2D eigenvalue weighted by Gasteiger charge is 2.03. The normalized spacial score (nSPS) is 10.5. The predicted octanol–water partition coefficient (Wildman–Crippen LogP) is 3.75. The van der Waals surface area contributed by atoms with Crippen LogP contribution in [0.3, 0.4) is 0 Å². The zero-order valence-electron chi connectivity index (χ0n) is 12.6. The van der Waals surface area contributed by atoms with Gasteiger partial charge in [0.15, 0.2) is 5.82 Å². The summed E-state index contributed by atoms with van der Waals surface area (Å²) in [5.41, 5.74) is 2.04. The van der Waals surface area contributed by atoms with Gasteiger partial charge in [-0.05, 0) is 35.9 Å². The van der Waals surface area contributed by atoms with Gasteiger partial charge in [-0.15, -0.1) is 0 Å². The monoisotopic (exact) mass is 373 g/mol. The van der Waals surface area contributed by atoms with E-state index in [9.17, 15) is 0 Å². The van der Waals surface area contributed by atoms with Gasteiger partial charge in [0, 0.05) is 11.5 Å². The minimum Gasteiger partial charge on any atom is -0.497 e. The standard InChI is InChI=1S/C17H16BrN3O2/c1-22-15-4-2-13(3-5-15)12-23-16-6-7-17(19-11-16)21-9-8-14(10-18)20-21/h2-9,11H,10,12H2,1H3. The van der Waals surface area contributed by atoms with Crippen LogP contribution < -0.4 is 9.47 Å². The lowest BCUT2D eigenvalue weighted by Gasteiger charge is -2.07. The van der Waals surface area contributed by atoms with E-state index in [1.807, 2.05) is 48.7 Å². The zero-order valence-corrected chi connectivity index (χ0v) is 14.2. The van der Waals surface area contributed by atoms with E-state index >= 15 is 0 Å². The first-order chi connectivity index (χ1) is 11.3. The molecule has 0 aliphatic carbocycles. The Balaban J connectivity index is 1.62. The fourth-order valence-corrected chi connectivity index (χ4v) is 2.34. The number of rotatable bonds is 6. The molecule has 0 atom stereocenters. The van der Waals surface area contributed by atoms with Crippen molar-refractivity contribution in [3.8, 4) is 17.3 Å². The molecule has 118 valence electrons. The molecule has 0 radical (unpaired) electrons. The summed E-state index contributed by atoms with van der Waals surface area (Å²) in [6.45, 7) is 0.487. The van der Waals surface area contributed by atoms with Crippen LogP contribution in [0.1, 0.15) is 11.3 Å². The number of benzene rings is 1. The molecule has 1 aromatic carbocycles. The molecule has 0 spiro atoms. The van der Waals surface area contributed by atoms with Gasteiger partial charge in [0.2, 0.25) is 0 Å². The summed E-state index contributed by atoms with van der Waals surface area (Å²) in [4.78, 5) is 4.38. The molecular weight excluding hydrogens is 358 g/mol. The smallest absolute Gasteiger partial charge is 0.153 e. The van der Waals surface area contributed by atoms with Crippen LogP contribution in [-0.4, -0.2) is 21.9 Å². The number of ether oxygens (including phenoxy) is 2. The van der Waals surface area contributed by atoms with Crippen molar-refractivity contribution in [1.29, 1.82) is 0 Å². The van der Waals surface area contributed by atoms with Crippen LogP contribution in [0.25, 0.3) is 5.82 Å². The largest absolute Gasteiger partial charge is 0.497 e. The second-order valence-corrected chi connectivity index (χ2v) is 5.43. The van der Waals surface area contributed by atoms with Gasteiger partial charge in [0.25, 0.3) is 0 Å². The van der Waals surface area contributed by atoms with Crippen LogP contribution in [0.4, 0.5) is 0 Å². The Labute approximate surface area is 143 Å². The number of alkyl halides is 1. The van der Waals surface area contributed by atoms with E-state index in [1.165, 1.54) is 0 Å². The molecular formula is C17H16BrN3O2. The van der Waals surface area contributed by atoms with Gasteiger partial charge in [-0.2, -0.15) is 5.10 Å². The van der Waals surface area contributed by atoms with Gasteiger partial charge >= 0.3 is 0 Å². The molecule has 0 N–H and O–H groups in total. The fourth-order valence-electron chi connectivity index (χ4n) is 2.04. The third kappa shape index (κ3) is 3.90. The van der Waals surface area contributed by atoms with E-state index in [0.29, 0.717) is 6.61 Å². The van der Waals surface area contributed by atoms with Gasteiger partial charge in [-0.1, -0.05) is 28.1 Å². The molecule has 23 heavy (non-hydrogen) atoms. The van der Waals surface area contributed by atoms with Crippen molar-refractivity contribution < 1.29 is 9.47 Å². The maximum Gasteiger partial charge on any atom is 0.153 e. The van der Waals surface area contributed by atoms with Crippen LogP contribution in [0.2, 0.25) is 0 Å². The van der Waals surface area contributed by atoms with Crippen LogP contribution in [-0.2, 0) is 11.9 Å². The molecule has 0 saturated carbocycles. The molecule has 0 unspecified atom stereocenters. The summed E-state index contributed by atoms with van der Waals surface area (Å²) in [5.74, 6) is 2.31. The summed E-state index contributed by atoms with van der Waals surface area (Å²) >= 11 is 3.38. The van der Waals surface area contributed by atoms with E-state index < -0.39 is 0 Å². The summed E-state index contributed by atoms with van der Waals surface area (Å²) in [6.07, 6.45) is 3.59. The van der Waals surface area contributed by atoms with Crippen LogP contribution in [0.5, 0.6) is 11.5 Å². The van der Waals surface area contributed by atoms with E-state index in [-0.39, 0.29) is 0 Å². The third-order valence-corrected chi connectivity index (χ3v) is 3.88. The minimum absolute atomic E-state index is 0.487. The lowest BCUT2D eigenvalue weighted by atomic mass is 10.2. The quantitative estimate of drug-likeness (QED) is 0.617. The Morgan fingerprint density at radius 1 is 1.04 bits per heavy atom. The molecule has 3 rings (SSSR count). The van der Waals surface area contributed by atoms with Gasteiger partial charge in [-0.3, -0.25) is 0 Å². The van der Waals surface area contributed by atoms with Crippen LogP contribution >= 0.6 is 15.9 Å². The molecule has 0 fully saturated rings. The van der Waals surface area contributed by atoms with E-state index in [2.05, 4.69) is 26.0 Å². The molecule has 0 amide bonds. The molecule has 0 aliphatic heterocycles. The Bertz CT molecular complexity index is 754. The van der Waals surface area contributed by atoms with Crippen molar-refractivity contribution >= 4 is 15.9 Å². The summed E-state index contributed by atoms with van der Waals surface area (Å²) in [6, 6.07) is 13.5. The maximum atomic E-state index is 5.74. The first-order valence-corrected chi connectivity index (χ1v) is 8.23. The van der Waals surface area contributed by atoms with Crippen molar-refractivity contribution in [2.24, 2.45) is 0 Å². The predicted molar refractivity (Wildman–Crippen MR) is 91.3 cm³/mol. The molecule has 2 aromatic heterocycles. The van der Waals surface area contributed by atoms with Gasteiger partial charge in [-0.25, -0.2) is 9.67 Å². The first-order valence-electron chi connectivity index (χ1n) is 7.11. The highest BCUT2D eigenvalue weighted by Crippen LogP contribution is 2.16. The molecule has 6 heteroatoms. The average Bonchev–Trinajstić information content (AvgIpc) is 3.10. The zero-order chi connectivity index (χ0) is 16.1. The number of hydrogen-bond donors (Lipinski definition) is 0. The highest BCUT2D eigenvalue weighted by molar-refractivity contribution is 9.08. The average molecular weight is 374 g/mol. The summed E-state index contributed by atoms with van der Waals surface area (Å²) in [5, 5.41) is 5.12. The molecule has 2 heterocycles. The number of methoxy groups -OCH3 is 1. The van der Waals surface area contributed by atoms with Crippen molar-refractivity contribution in [3.05, 3.63) is 66.1 Å². The Kier molecular flexibility index (Phi) is 4.92. The lowest BCUT2D eigenvalue weighted by molar-refractivity contribution is 0.304. The number of nitrogens with zero attached hydrogens (tertiary/aromatic N) is 3. The van der Waals surface area contributed by atoms with Crippen molar-refractivity contribution in [3.63, 3.8) is 0 Å². The molecule has 5 nitrogen and oxygen atoms in total. The minimum atomic E-state index is 0.487. The summed E-state index contributed by atoms with van der Waals surface area (Å²) < 4.78 is 12.6.